The Morgan fingerprint density at radius 2 is 2.17 bits per heavy atom. The number of carbonyl (C=O) groups is 2. The first-order valence-electron chi connectivity index (χ1n) is 5.94. The van der Waals surface area contributed by atoms with Gasteiger partial charge in [0, 0.05) is 19.2 Å². The van der Waals surface area contributed by atoms with Crippen LogP contribution in [0.3, 0.4) is 0 Å². The molecule has 5 heteroatoms. The number of nitrogens with one attached hydrogen (secondary N) is 2. The highest BCUT2D eigenvalue weighted by molar-refractivity contribution is 6.00. The Hall–Kier alpha value is -2.17. The number of carbonyl (C=O) groups excluding carboxylic acids is 2. The second-order valence-electron chi connectivity index (χ2n) is 4.64. The Balaban J connectivity index is 1.94. The standard InChI is InChI=1S/C13H13N3O2/c1-7(17)10-5-11-12(16-10)4-8(6-14-11)13(18)15-9-2-3-9/h4-6,9,16H,2-3H2,1H3,(H,15,18). The number of nitrogens with zero attached hydrogens (tertiary/aromatic N) is 1. The summed E-state index contributed by atoms with van der Waals surface area (Å²) < 4.78 is 0. The van der Waals surface area contributed by atoms with Gasteiger partial charge in [-0.1, -0.05) is 0 Å². The van der Waals surface area contributed by atoms with Crippen molar-refractivity contribution >= 4 is 22.7 Å². The van der Waals surface area contributed by atoms with Crippen LogP contribution in [0.25, 0.3) is 11.0 Å². The van der Waals surface area contributed by atoms with Gasteiger partial charge in [-0.2, -0.15) is 0 Å². The van der Waals surface area contributed by atoms with Crippen molar-refractivity contribution in [2.75, 3.05) is 0 Å². The van der Waals surface area contributed by atoms with Crippen molar-refractivity contribution in [3.63, 3.8) is 0 Å². The first-order valence-corrected chi connectivity index (χ1v) is 5.94. The van der Waals surface area contributed by atoms with Crippen molar-refractivity contribution in [3.8, 4) is 0 Å². The minimum Gasteiger partial charge on any atom is -0.351 e. The lowest BCUT2D eigenvalue weighted by Gasteiger charge is -2.02. The lowest BCUT2D eigenvalue weighted by molar-refractivity contribution is 0.0950. The third-order valence-electron chi connectivity index (χ3n) is 3.02. The summed E-state index contributed by atoms with van der Waals surface area (Å²) in [5, 5.41) is 2.90. The van der Waals surface area contributed by atoms with Gasteiger partial charge in [-0.3, -0.25) is 14.6 Å². The van der Waals surface area contributed by atoms with Gasteiger partial charge in [0.05, 0.1) is 22.3 Å². The van der Waals surface area contributed by atoms with Crippen molar-refractivity contribution in [1.29, 1.82) is 0 Å². The summed E-state index contributed by atoms with van der Waals surface area (Å²) in [4.78, 5) is 30.3. The lowest BCUT2D eigenvalue weighted by Crippen LogP contribution is -2.25. The highest BCUT2D eigenvalue weighted by Crippen LogP contribution is 2.20. The highest BCUT2D eigenvalue weighted by atomic mass is 16.1. The number of hydrogen-bond acceptors (Lipinski definition) is 3. The number of ketones is 1. The summed E-state index contributed by atoms with van der Waals surface area (Å²) in [5.74, 6) is -0.150. The van der Waals surface area contributed by atoms with Gasteiger partial charge in [0.15, 0.2) is 5.78 Å². The number of hydrogen-bond donors (Lipinski definition) is 2. The van der Waals surface area contributed by atoms with E-state index in [9.17, 15) is 9.59 Å². The number of H-pyrrole nitrogens is 1. The second kappa shape index (κ2) is 3.94. The molecule has 0 aliphatic heterocycles. The maximum atomic E-state index is 11.8. The van der Waals surface area contributed by atoms with Crippen LogP contribution in [-0.4, -0.2) is 27.7 Å². The summed E-state index contributed by atoms with van der Waals surface area (Å²) in [6, 6.07) is 3.75. The summed E-state index contributed by atoms with van der Waals surface area (Å²) in [5.41, 5.74) is 2.44. The summed E-state index contributed by atoms with van der Waals surface area (Å²) in [6.45, 7) is 1.49. The van der Waals surface area contributed by atoms with Gasteiger partial charge in [0.2, 0.25) is 0 Å². The van der Waals surface area contributed by atoms with Crippen molar-refractivity contribution in [1.82, 2.24) is 15.3 Å². The van der Waals surface area contributed by atoms with Crippen LogP contribution in [0.4, 0.5) is 0 Å². The average Bonchev–Trinajstić information content (AvgIpc) is 3.04. The molecule has 2 aromatic rings. The van der Waals surface area contributed by atoms with Crippen LogP contribution in [0.15, 0.2) is 18.3 Å². The summed E-state index contributed by atoms with van der Waals surface area (Å²) >= 11 is 0. The fraction of sp³-hybridized carbons (Fsp3) is 0.308. The predicted octanol–water partition coefficient (Wildman–Crippen LogP) is 1.66. The Kier molecular flexibility index (Phi) is 2.40. The molecular weight excluding hydrogens is 230 g/mol. The highest BCUT2D eigenvalue weighted by Gasteiger charge is 2.24. The van der Waals surface area contributed by atoms with Crippen LogP contribution in [0, 0.1) is 0 Å². The number of Topliss-reactive ketones (excluding diaryl/α,β-unsaturated/α-hetero) is 1. The molecule has 1 saturated carbocycles. The van der Waals surface area contributed by atoms with Gasteiger partial charge < -0.3 is 10.3 Å². The van der Waals surface area contributed by atoms with Gasteiger partial charge in [-0.25, -0.2) is 0 Å². The Labute approximate surface area is 104 Å². The van der Waals surface area contributed by atoms with Crippen LogP contribution < -0.4 is 5.32 Å². The van der Waals surface area contributed by atoms with Crippen molar-refractivity contribution in [3.05, 3.63) is 29.6 Å². The molecule has 1 amide bonds. The monoisotopic (exact) mass is 243 g/mol. The van der Waals surface area contributed by atoms with Gasteiger partial charge in [0.1, 0.15) is 0 Å². The van der Waals surface area contributed by atoms with Gasteiger partial charge in [0.25, 0.3) is 5.91 Å². The summed E-state index contributed by atoms with van der Waals surface area (Å²) in [7, 11) is 0. The Bertz CT molecular complexity index is 641. The average molecular weight is 243 g/mol. The summed E-state index contributed by atoms with van der Waals surface area (Å²) in [6.07, 6.45) is 3.65. The smallest absolute Gasteiger partial charge is 0.253 e. The van der Waals surface area contributed by atoms with E-state index >= 15 is 0 Å². The van der Waals surface area contributed by atoms with E-state index in [2.05, 4.69) is 15.3 Å². The molecular formula is C13H13N3O2. The molecule has 1 aliphatic rings. The number of fused-ring (bicyclic) bond motifs is 1. The zero-order valence-electron chi connectivity index (χ0n) is 9.99. The molecule has 0 radical (unpaired) electrons. The molecule has 92 valence electrons. The molecule has 0 atom stereocenters. The number of pyridine rings is 1. The molecule has 5 nitrogen and oxygen atoms in total. The van der Waals surface area contributed by atoms with Crippen molar-refractivity contribution in [2.45, 2.75) is 25.8 Å². The SMILES string of the molecule is CC(=O)c1cc2ncc(C(=O)NC3CC3)cc2[nH]1. The van der Waals surface area contributed by atoms with Gasteiger partial charge >= 0.3 is 0 Å². The third-order valence-corrected chi connectivity index (χ3v) is 3.02. The van der Waals surface area contributed by atoms with Crippen LogP contribution >= 0.6 is 0 Å². The largest absolute Gasteiger partial charge is 0.351 e. The Morgan fingerprint density at radius 1 is 1.39 bits per heavy atom. The maximum Gasteiger partial charge on any atom is 0.253 e. The van der Waals surface area contributed by atoms with E-state index in [1.54, 1.807) is 12.1 Å². The van der Waals surface area contributed by atoms with Gasteiger partial charge in [-0.15, -0.1) is 0 Å². The van der Waals surface area contributed by atoms with Crippen molar-refractivity contribution in [2.24, 2.45) is 0 Å². The topological polar surface area (TPSA) is 74.8 Å². The number of amides is 1. The molecule has 2 N–H and O–H groups in total. The molecule has 3 rings (SSSR count). The van der Waals surface area contributed by atoms with Crippen LogP contribution in [0.5, 0.6) is 0 Å². The molecule has 1 aliphatic carbocycles. The van der Waals surface area contributed by atoms with Crippen LogP contribution in [0.2, 0.25) is 0 Å². The molecule has 0 spiro atoms. The fourth-order valence-corrected chi connectivity index (χ4v) is 1.82. The first-order chi connectivity index (χ1) is 8.63. The van der Waals surface area contributed by atoms with Crippen LogP contribution in [0.1, 0.15) is 40.6 Å². The van der Waals surface area contributed by atoms with Gasteiger partial charge in [-0.05, 0) is 25.0 Å². The van der Waals surface area contributed by atoms with E-state index in [4.69, 9.17) is 0 Å². The van der Waals surface area contributed by atoms with Crippen LogP contribution in [-0.2, 0) is 0 Å². The predicted molar refractivity (Wildman–Crippen MR) is 66.6 cm³/mol. The minimum atomic E-state index is -0.106. The van der Waals surface area contributed by atoms with E-state index in [0.29, 0.717) is 28.3 Å². The van der Waals surface area contributed by atoms with E-state index in [1.165, 1.54) is 13.1 Å². The number of aromatic amines is 1. The number of aromatic nitrogens is 2. The number of rotatable bonds is 3. The maximum absolute atomic E-state index is 11.8. The zero-order valence-corrected chi connectivity index (χ0v) is 9.99. The molecule has 1 fully saturated rings. The quantitative estimate of drug-likeness (QED) is 0.805. The first kappa shape index (κ1) is 11.0. The van der Waals surface area contributed by atoms with E-state index in [1.807, 2.05) is 0 Å². The molecule has 0 unspecified atom stereocenters. The zero-order chi connectivity index (χ0) is 12.7. The Morgan fingerprint density at radius 3 is 2.83 bits per heavy atom. The molecule has 0 bridgehead atoms. The molecule has 2 heterocycles. The van der Waals surface area contributed by atoms with E-state index < -0.39 is 0 Å². The third kappa shape index (κ3) is 1.99. The molecule has 0 aromatic carbocycles. The lowest BCUT2D eigenvalue weighted by atomic mass is 10.2. The second-order valence-corrected chi connectivity index (χ2v) is 4.64. The normalized spacial score (nSPS) is 14.7. The molecule has 18 heavy (non-hydrogen) atoms. The van der Waals surface area contributed by atoms with E-state index in [0.717, 1.165) is 12.8 Å². The molecule has 2 aromatic heterocycles. The minimum absolute atomic E-state index is 0.0445. The fourth-order valence-electron chi connectivity index (χ4n) is 1.82. The van der Waals surface area contributed by atoms with Crippen molar-refractivity contribution < 1.29 is 9.59 Å². The van der Waals surface area contributed by atoms with E-state index in [-0.39, 0.29) is 11.7 Å². The molecule has 0 saturated heterocycles.